The van der Waals surface area contributed by atoms with E-state index in [1.165, 1.54) is 6.07 Å². The molecule has 37 heavy (non-hydrogen) atoms. The largest absolute Gasteiger partial charge is 0.465 e. The van der Waals surface area contributed by atoms with E-state index >= 15 is 4.39 Å². The van der Waals surface area contributed by atoms with E-state index in [9.17, 15) is 9.18 Å². The highest BCUT2D eigenvalue weighted by molar-refractivity contribution is 6.03. The summed E-state index contributed by atoms with van der Waals surface area (Å²) in [5, 5.41) is 2.76. The number of aromatic nitrogens is 2. The quantitative estimate of drug-likeness (QED) is 0.518. The number of rotatable bonds is 3. The molecule has 0 unspecified atom stereocenters. The molecule has 188 valence electrons. The number of hydrogen-bond acceptors (Lipinski definition) is 8. The fourth-order valence-electron chi connectivity index (χ4n) is 4.78. The molecule has 5 heterocycles. The molecule has 2 aromatic heterocycles. The summed E-state index contributed by atoms with van der Waals surface area (Å²) >= 11 is 0. The van der Waals surface area contributed by atoms with Crippen LogP contribution in [0.25, 0.3) is 5.57 Å². The van der Waals surface area contributed by atoms with E-state index in [-0.39, 0.29) is 24.1 Å². The Hall–Kier alpha value is -4.38. The van der Waals surface area contributed by atoms with Crippen molar-refractivity contribution in [3.8, 4) is 11.5 Å². The highest BCUT2D eigenvalue weighted by atomic mass is 19.1. The minimum atomic E-state index is -1.13. The lowest BCUT2D eigenvalue weighted by Crippen LogP contribution is -2.39. The van der Waals surface area contributed by atoms with Crippen molar-refractivity contribution in [1.82, 2.24) is 9.97 Å². The van der Waals surface area contributed by atoms with E-state index in [1.54, 1.807) is 24.3 Å². The number of benzene rings is 1. The molecular formula is C26H21F2N5O4. The standard InChI is InChI=1S/C26H21F2N5O4/c27-15-1-3-19(30-13-15)24(34)31-16-2-4-21-17(11-16)26(7-10-36-25(29)33-26)18-12-20(14-5-8-35-9-6-14)32-23(28)22(18)37-21/h1-5,11-13H,6-10H2,(H2,29,33)(H,31,34)/t26-/m0/s1. The first-order chi connectivity index (χ1) is 17.9. The summed E-state index contributed by atoms with van der Waals surface area (Å²) in [4.78, 5) is 25.3. The van der Waals surface area contributed by atoms with Crippen LogP contribution in [0.4, 0.5) is 14.5 Å². The van der Waals surface area contributed by atoms with Gasteiger partial charge < -0.3 is 25.3 Å². The molecule has 9 nitrogen and oxygen atoms in total. The SMILES string of the molecule is NC1=N[C@@]2(CCO1)c1cc(NC(=O)c3ccc(F)cn3)ccc1Oc1c2cc(C2=CCOCC2)nc1F. The van der Waals surface area contributed by atoms with Gasteiger partial charge in [-0.25, -0.2) is 19.4 Å². The second-order valence-corrected chi connectivity index (χ2v) is 8.77. The fraction of sp³-hybridized carbons (Fsp3) is 0.231. The minimum Gasteiger partial charge on any atom is -0.465 e. The Bertz CT molecular complexity index is 1470. The Kier molecular flexibility index (Phi) is 5.56. The van der Waals surface area contributed by atoms with Crippen LogP contribution in [0.1, 0.15) is 40.2 Å². The summed E-state index contributed by atoms with van der Waals surface area (Å²) in [5.74, 6) is -1.51. The number of amides is 1. The van der Waals surface area contributed by atoms with E-state index in [1.807, 2.05) is 6.08 Å². The van der Waals surface area contributed by atoms with Crippen LogP contribution in [-0.2, 0) is 15.0 Å². The van der Waals surface area contributed by atoms with Crippen molar-refractivity contribution in [2.45, 2.75) is 18.4 Å². The summed E-state index contributed by atoms with van der Waals surface area (Å²) in [6.45, 7) is 1.17. The minimum absolute atomic E-state index is 0.0327. The molecule has 0 radical (unpaired) electrons. The van der Waals surface area contributed by atoms with E-state index in [0.717, 1.165) is 17.8 Å². The van der Waals surface area contributed by atoms with Crippen LogP contribution in [0.5, 0.6) is 11.5 Å². The summed E-state index contributed by atoms with van der Waals surface area (Å²) in [7, 11) is 0. The first kappa shape index (κ1) is 23.0. The number of amidine groups is 1. The molecule has 3 N–H and O–H groups in total. The number of ether oxygens (including phenoxy) is 3. The van der Waals surface area contributed by atoms with Crippen LogP contribution in [0.15, 0.2) is 53.7 Å². The highest BCUT2D eigenvalue weighted by Gasteiger charge is 2.46. The first-order valence-electron chi connectivity index (χ1n) is 11.6. The molecule has 1 atom stereocenters. The number of nitrogens with two attached hydrogens (primary N) is 1. The summed E-state index contributed by atoms with van der Waals surface area (Å²) in [6.07, 6.45) is 3.78. The van der Waals surface area contributed by atoms with Gasteiger partial charge in [-0.3, -0.25) is 4.79 Å². The summed E-state index contributed by atoms with van der Waals surface area (Å²) < 4.78 is 45.4. The van der Waals surface area contributed by atoms with Crippen molar-refractivity contribution in [3.63, 3.8) is 0 Å². The normalized spacial score (nSPS) is 20.1. The van der Waals surface area contributed by atoms with Crippen molar-refractivity contribution >= 4 is 23.2 Å². The molecule has 3 aliphatic heterocycles. The van der Waals surface area contributed by atoms with Gasteiger partial charge in [-0.15, -0.1) is 0 Å². The molecule has 1 amide bonds. The van der Waals surface area contributed by atoms with Crippen LogP contribution in [0.3, 0.4) is 0 Å². The zero-order valence-corrected chi connectivity index (χ0v) is 19.5. The van der Waals surface area contributed by atoms with Gasteiger partial charge in [-0.1, -0.05) is 6.08 Å². The zero-order chi connectivity index (χ0) is 25.6. The number of aliphatic imine (C=N–C) groups is 1. The fourth-order valence-corrected chi connectivity index (χ4v) is 4.78. The number of nitrogens with zero attached hydrogens (tertiary/aromatic N) is 3. The van der Waals surface area contributed by atoms with Gasteiger partial charge in [-0.2, -0.15) is 4.39 Å². The monoisotopic (exact) mass is 505 g/mol. The average molecular weight is 505 g/mol. The van der Waals surface area contributed by atoms with E-state index in [4.69, 9.17) is 19.9 Å². The molecule has 1 aromatic carbocycles. The molecule has 0 fully saturated rings. The lowest BCUT2D eigenvalue weighted by molar-refractivity contribution is 0.102. The Morgan fingerprint density at radius 3 is 2.76 bits per heavy atom. The van der Waals surface area contributed by atoms with Crippen LogP contribution >= 0.6 is 0 Å². The van der Waals surface area contributed by atoms with Gasteiger partial charge in [0.05, 0.1) is 31.7 Å². The van der Waals surface area contributed by atoms with Gasteiger partial charge in [-0.05, 0) is 48.4 Å². The van der Waals surface area contributed by atoms with Crippen LogP contribution in [0.2, 0.25) is 0 Å². The van der Waals surface area contributed by atoms with Gasteiger partial charge in [0.25, 0.3) is 17.9 Å². The number of anilines is 1. The predicted molar refractivity (Wildman–Crippen MR) is 129 cm³/mol. The third-order valence-corrected chi connectivity index (χ3v) is 6.54. The zero-order valence-electron chi connectivity index (χ0n) is 19.5. The van der Waals surface area contributed by atoms with Gasteiger partial charge in [0.15, 0.2) is 5.75 Å². The van der Waals surface area contributed by atoms with Crippen LogP contribution in [-0.4, -0.2) is 41.7 Å². The second-order valence-electron chi connectivity index (χ2n) is 8.77. The Balaban J connectivity index is 1.46. The molecular weight excluding hydrogens is 484 g/mol. The highest BCUT2D eigenvalue weighted by Crippen LogP contribution is 2.53. The molecule has 6 rings (SSSR count). The summed E-state index contributed by atoms with van der Waals surface area (Å²) in [5.41, 5.74) is 7.73. The second kappa shape index (κ2) is 8.93. The number of carbonyl (C=O) groups excluding carboxylic acids is 1. The molecule has 3 aromatic rings. The van der Waals surface area contributed by atoms with Gasteiger partial charge in [0.2, 0.25) is 0 Å². The molecule has 0 bridgehead atoms. The van der Waals surface area contributed by atoms with E-state index < -0.39 is 23.2 Å². The number of halogens is 2. The van der Waals surface area contributed by atoms with Crippen molar-refractivity contribution in [2.24, 2.45) is 10.7 Å². The Morgan fingerprint density at radius 1 is 1.11 bits per heavy atom. The number of carbonyl (C=O) groups is 1. The molecule has 0 saturated heterocycles. The van der Waals surface area contributed by atoms with Gasteiger partial charge in [0, 0.05) is 23.2 Å². The number of fused-ring (bicyclic) bond motifs is 4. The predicted octanol–water partition coefficient (Wildman–Crippen LogP) is 3.90. The van der Waals surface area contributed by atoms with E-state index in [2.05, 4.69) is 20.3 Å². The molecule has 11 heteroatoms. The summed E-state index contributed by atoms with van der Waals surface area (Å²) in [6, 6.07) is 9.10. The third-order valence-electron chi connectivity index (χ3n) is 6.54. The lowest BCUT2D eigenvalue weighted by Gasteiger charge is -2.39. The van der Waals surface area contributed by atoms with Crippen LogP contribution in [0, 0.1) is 11.8 Å². The number of hydrogen-bond donors (Lipinski definition) is 2. The lowest BCUT2D eigenvalue weighted by atomic mass is 9.77. The maximum atomic E-state index is 15.4. The van der Waals surface area contributed by atoms with Crippen molar-refractivity contribution in [1.29, 1.82) is 0 Å². The van der Waals surface area contributed by atoms with Crippen molar-refractivity contribution in [3.05, 3.63) is 83.0 Å². The topological polar surface area (TPSA) is 121 Å². The Labute approximate surface area is 210 Å². The first-order valence-corrected chi connectivity index (χ1v) is 11.6. The Morgan fingerprint density at radius 2 is 2.00 bits per heavy atom. The maximum absolute atomic E-state index is 15.4. The van der Waals surface area contributed by atoms with Crippen molar-refractivity contribution < 1.29 is 27.8 Å². The molecule has 1 spiro atoms. The maximum Gasteiger partial charge on any atom is 0.283 e. The van der Waals surface area contributed by atoms with Crippen molar-refractivity contribution in [2.75, 3.05) is 25.1 Å². The van der Waals surface area contributed by atoms with E-state index in [0.29, 0.717) is 54.3 Å². The van der Waals surface area contributed by atoms with Gasteiger partial charge >= 0.3 is 0 Å². The molecule has 3 aliphatic rings. The number of pyridine rings is 2. The third kappa shape index (κ3) is 4.06. The smallest absolute Gasteiger partial charge is 0.283 e. The molecule has 0 aliphatic carbocycles. The average Bonchev–Trinajstić information content (AvgIpc) is 2.90. The van der Waals surface area contributed by atoms with Crippen LogP contribution < -0.4 is 15.8 Å². The number of nitrogens with one attached hydrogen (secondary N) is 1. The van der Waals surface area contributed by atoms with Gasteiger partial charge in [0.1, 0.15) is 22.8 Å². The molecule has 0 saturated carbocycles.